The van der Waals surface area contributed by atoms with Crippen LogP contribution >= 0.6 is 0 Å². The standard InChI is InChI=1S/C24H27NO4/c1-24-13-12-20-19-9-7-18(29-17-5-3-16(4-6-17)25(27)28)14-15(19)2-8-21(20)22(24)10-11-23(24)26/h3-7,9,14,20-23,26H,2,8,10-13H2,1H3/t20-,21+,22+,23+,24-/m1/s1. The number of nitrogens with zero attached hydrogens (tertiary/aromatic N) is 1. The molecule has 5 heteroatoms. The highest BCUT2D eigenvalue weighted by atomic mass is 16.6. The van der Waals surface area contributed by atoms with Crippen molar-refractivity contribution < 1.29 is 14.8 Å². The van der Waals surface area contributed by atoms with Crippen molar-refractivity contribution in [2.45, 2.75) is 57.5 Å². The zero-order chi connectivity index (χ0) is 20.2. The van der Waals surface area contributed by atoms with Crippen LogP contribution in [0.4, 0.5) is 5.69 Å². The average molecular weight is 393 g/mol. The summed E-state index contributed by atoms with van der Waals surface area (Å²) in [6, 6.07) is 12.6. The van der Waals surface area contributed by atoms with Gasteiger partial charge in [0.05, 0.1) is 11.0 Å². The molecule has 5 rings (SSSR count). The van der Waals surface area contributed by atoms with E-state index in [4.69, 9.17) is 4.74 Å². The molecule has 1 N–H and O–H groups in total. The van der Waals surface area contributed by atoms with Crippen LogP contribution in [0.2, 0.25) is 0 Å². The van der Waals surface area contributed by atoms with Gasteiger partial charge in [0, 0.05) is 12.1 Å². The molecular weight excluding hydrogens is 366 g/mol. The Morgan fingerprint density at radius 2 is 1.83 bits per heavy atom. The van der Waals surface area contributed by atoms with E-state index >= 15 is 0 Å². The fourth-order valence-corrected chi connectivity index (χ4v) is 6.37. The molecule has 2 aromatic rings. The minimum Gasteiger partial charge on any atom is -0.457 e. The van der Waals surface area contributed by atoms with Gasteiger partial charge < -0.3 is 9.84 Å². The number of non-ortho nitro benzene ring substituents is 1. The van der Waals surface area contributed by atoms with E-state index in [1.165, 1.54) is 29.7 Å². The van der Waals surface area contributed by atoms with E-state index in [0.29, 0.717) is 23.5 Å². The first kappa shape index (κ1) is 18.6. The van der Waals surface area contributed by atoms with E-state index in [-0.39, 0.29) is 17.2 Å². The molecule has 152 valence electrons. The highest BCUT2D eigenvalue weighted by Crippen LogP contribution is 2.60. The lowest BCUT2D eigenvalue weighted by Crippen LogP contribution is -2.43. The molecule has 29 heavy (non-hydrogen) atoms. The van der Waals surface area contributed by atoms with Crippen LogP contribution in [-0.2, 0) is 6.42 Å². The molecule has 3 aliphatic carbocycles. The van der Waals surface area contributed by atoms with Gasteiger partial charge in [-0.15, -0.1) is 0 Å². The summed E-state index contributed by atoms with van der Waals surface area (Å²) in [7, 11) is 0. The maximum absolute atomic E-state index is 10.8. The highest BCUT2D eigenvalue weighted by Gasteiger charge is 2.54. The Balaban J connectivity index is 1.36. The van der Waals surface area contributed by atoms with Gasteiger partial charge in [0.1, 0.15) is 11.5 Å². The van der Waals surface area contributed by atoms with E-state index in [1.807, 2.05) is 6.07 Å². The van der Waals surface area contributed by atoms with Gasteiger partial charge in [-0.3, -0.25) is 10.1 Å². The molecule has 5 atom stereocenters. The Morgan fingerprint density at radius 3 is 2.59 bits per heavy atom. The minimum absolute atomic E-state index is 0.0650. The molecule has 0 saturated heterocycles. The van der Waals surface area contributed by atoms with E-state index in [2.05, 4.69) is 19.1 Å². The Kier molecular flexibility index (Phi) is 4.39. The third-order valence-electron chi connectivity index (χ3n) is 7.93. The monoisotopic (exact) mass is 393 g/mol. The van der Waals surface area contributed by atoms with Crippen LogP contribution in [0.1, 0.15) is 56.1 Å². The van der Waals surface area contributed by atoms with Crippen LogP contribution in [0.25, 0.3) is 0 Å². The van der Waals surface area contributed by atoms with Gasteiger partial charge in [-0.2, -0.15) is 0 Å². The summed E-state index contributed by atoms with van der Waals surface area (Å²) < 4.78 is 5.96. The molecule has 2 aromatic carbocycles. The molecule has 0 bridgehead atoms. The van der Waals surface area contributed by atoms with Crippen LogP contribution in [0, 0.1) is 27.4 Å². The van der Waals surface area contributed by atoms with Crippen molar-refractivity contribution in [2.24, 2.45) is 17.3 Å². The number of hydrogen-bond donors (Lipinski definition) is 1. The van der Waals surface area contributed by atoms with Gasteiger partial charge in [0.15, 0.2) is 0 Å². The second kappa shape index (κ2) is 6.84. The second-order valence-corrected chi connectivity index (χ2v) is 9.27. The normalized spacial score (nSPS) is 32.8. The maximum atomic E-state index is 10.8. The second-order valence-electron chi connectivity index (χ2n) is 9.27. The third kappa shape index (κ3) is 3.03. The Bertz CT molecular complexity index is 940. The minimum atomic E-state index is -0.405. The number of nitro groups is 1. The fraction of sp³-hybridized carbons (Fsp3) is 0.500. The van der Waals surface area contributed by atoms with Crippen LogP contribution in [0.15, 0.2) is 42.5 Å². The lowest BCUT2D eigenvalue weighted by Gasteiger charge is -2.50. The largest absolute Gasteiger partial charge is 0.457 e. The molecule has 0 aromatic heterocycles. The summed E-state index contributed by atoms with van der Waals surface area (Å²) in [6.45, 7) is 2.31. The van der Waals surface area contributed by atoms with Crippen LogP contribution < -0.4 is 4.74 Å². The number of aliphatic hydroxyl groups is 1. The Hall–Kier alpha value is -2.40. The topological polar surface area (TPSA) is 72.6 Å². The van der Waals surface area contributed by atoms with Crippen molar-refractivity contribution in [3.63, 3.8) is 0 Å². The molecule has 0 unspecified atom stereocenters. The van der Waals surface area contributed by atoms with Crippen LogP contribution in [0.5, 0.6) is 11.5 Å². The van der Waals surface area contributed by atoms with Gasteiger partial charge in [0.2, 0.25) is 0 Å². The fourth-order valence-electron chi connectivity index (χ4n) is 6.37. The molecule has 0 heterocycles. The van der Waals surface area contributed by atoms with E-state index in [9.17, 15) is 15.2 Å². The van der Waals surface area contributed by atoms with E-state index in [1.54, 1.807) is 12.1 Å². The average Bonchev–Trinajstić information content (AvgIpc) is 3.03. The molecule has 5 nitrogen and oxygen atoms in total. The van der Waals surface area contributed by atoms with Gasteiger partial charge in [-0.05, 0) is 97.1 Å². The summed E-state index contributed by atoms with van der Waals surface area (Å²) in [6.07, 6.45) is 6.49. The smallest absolute Gasteiger partial charge is 0.269 e. The van der Waals surface area contributed by atoms with E-state index < -0.39 is 4.92 Å². The summed E-state index contributed by atoms with van der Waals surface area (Å²) in [5.41, 5.74) is 3.00. The van der Waals surface area contributed by atoms with Gasteiger partial charge in [-0.25, -0.2) is 0 Å². The number of rotatable bonds is 3. The summed E-state index contributed by atoms with van der Waals surface area (Å²) in [5, 5.41) is 21.3. The Morgan fingerprint density at radius 1 is 1.07 bits per heavy atom. The first-order valence-electron chi connectivity index (χ1n) is 10.7. The first-order chi connectivity index (χ1) is 14.0. The number of aryl methyl sites for hydroxylation is 1. The van der Waals surface area contributed by atoms with Crippen molar-refractivity contribution in [3.05, 3.63) is 63.7 Å². The highest BCUT2D eigenvalue weighted by molar-refractivity contribution is 5.43. The first-order valence-corrected chi connectivity index (χ1v) is 10.7. The predicted octanol–water partition coefficient (Wildman–Crippen LogP) is 5.60. The number of benzene rings is 2. The van der Waals surface area contributed by atoms with Gasteiger partial charge in [-0.1, -0.05) is 13.0 Å². The quantitative estimate of drug-likeness (QED) is 0.544. The molecule has 0 spiro atoms. The number of fused-ring (bicyclic) bond motifs is 5. The molecule has 0 radical (unpaired) electrons. The van der Waals surface area contributed by atoms with Crippen molar-refractivity contribution >= 4 is 5.69 Å². The number of aliphatic hydroxyl groups excluding tert-OH is 1. The number of ether oxygens (including phenoxy) is 1. The molecule has 3 aliphatic rings. The van der Waals surface area contributed by atoms with Crippen molar-refractivity contribution in [1.29, 1.82) is 0 Å². The number of nitro benzene ring substituents is 1. The summed E-state index contributed by atoms with van der Waals surface area (Å²) in [5.74, 6) is 3.31. The molecule has 2 fully saturated rings. The Labute approximate surface area is 170 Å². The number of hydrogen-bond acceptors (Lipinski definition) is 4. The molecular formula is C24H27NO4. The van der Waals surface area contributed by atoms with Crippen molar-refractivity contribution in [3.8, 4) is 11.5 Å². The summed E-state index contributed by atoms with van der Waals surface area (Å²) in [4.78, 5) is 10.4. The zero-order valence-corrected chi connectivity index (χ0v) is 16.7. The van der Waals surface area contributed by atoms with Crippen molar-refractivity contribution in [2.75, 3.05) is 0 Å². The predicted molar refractivity (Wildman–Crippen MR) is 110 cm³/mol. The lowest BCUT2D eigenvalue weighted by atomic mass is 9.55. The summed E-state index contributed by atoms with van der Waals surface area (Å²) >= 11 is 0. The SMILES string of the molecule is C[C@@]12CC[C@@H]3c4ccc(Oc5ccc([N+](=O)[O-])cc5)cc4CC[C@@H]3[C@@H]1CC[C@@H]2O. The molecule has 0 amide bonds. The third-order valence-corrected chi connectivity index (χ3v) is 7.93. The molecule has 2 saturated carbocycles. The molecule has 0 aliphatic heterocycles. The van der Waals surface area contributed by atoms with Gasteiger partial charge >= 0.3 is 0 Å². The van der Waals surface area contributed by atoms with Crippen LogP contribution in [0.3, 0.4) is 0 Å². The van der Waals surface area contributed by atoms with E-state index in [0.717, 1.165) is 37.9 Å². The lowest BCUT2D eigenvalue weighted by molar-refractivity contribution is -0.384. The maximum Gasteiger partial charge on any atom is 0.269 e. The van der Waals surface area contributed by atoms with Crippen molar-refractivity contribution in [1.82, 2.24) is 0 Å². The van der Waals surface area contributed by atoms with Crippen LogP contribution in [-0.4, -0.2) is 16.1 Å². The zero-order valence-electron chi connectivity index (χ0n) is 16.7. The van der Waals surface area contributed by atoms with Gasteiger partial charge in [0.25, 0.3) is 5.69 Å².